The number of nitrogens with zero attached hydrogens (tertiary/aromatic N) is 1. The van der Waals surface area contributed by atoms with Gasteiger partial charge in [0.1, 0.15) is 5.75 Å². The zero-order chi connectivity index (χ0) is 19.7. The molecule has 2 atom stereocenters. The molecule has 2 aromatic carbocycles. The van der Waals surface area contributed by atoms with Gasteiger partial charge in [0.2, 0.25) is 5.60 Å². The molecule has 1 heterocycles. The number of hydrogen-bond donors (Lipinski definition) is 2. The lowest BCUT2D eigenvalue weighted by Gasteiger charge is -2.36. The molecule has 2 N–H and O–H groups in total. The largest absolute Gasteiger partial charge is 0.482 e. The lowest BCUT2D eigenvalue weighted by molar-refractivity contribution is -0.298. The lowest BCUT2D eigenvalue weighted by Crippen LogP contribution is -2.54. The molecule has 2 unspecified atom stereocenters. The van der Waals surface area contributed by atoms with Crippen LogP contribution in [-0.4, -0.2) is 33.6 Å². The Hall–Kier alpha value is -2.64. The Balaban J connectivity index is 2.13. The fourth-order valence-corrected chi connectivity index (χ4v) is 2.85. The number of aryl methyl sites for hydroxylation is 1. The summed E-state index contributed by atoms with van der Waals surface area (Å²) in [4.78, 5) is 4.33. The van der Waals surface area contributed by atoms with Crippen LogP contribution in [0.3, 0.4) is 0 Å². The molecule has 0 bridgehead atoms. The summed E-state index contributed by atoms with van der Waals surface area (Å²) in [6.45, 7) is 0.256. The van der Waals surface area contributed by atoms with Gasteiger partial charge in [-0.05, 0) is 36.8 Å². The molecule has 1 aromatic heterocycles. The number of benzene rings is 2. The van der Waals surface area contributed by atoms with E-state index in [1.165, 1.54) is 30.3 Å². The predicted molar refractivity (Wildman–Crippen MR) is 94.4 cm³/mol. The highest BCUT2D eigenvalue weighted by atomic mass is 19.4. The zero-order valence-electron chi connectivity index (χ0n) is 14.4. The number of hydrogen-bond acceptors (Lipinski definition) is 4. The second kappa shape index (κ2) is 7.17. The second-order valence-corrected chi connectivity index (χ2v) is 6.26. The molecule has 0 aliphatic rings. The summed E-state index contributed by atoms with van der Waals surface area (Å²) in [5, 5.41) is 20.3. The first-order valence-electron chi connectivity index (χ1n) is 8.24. The minimum atomic E-state index is -5.11. The molecule has 142 valence electrons. The fraction of sp³-hybridized carbons (Fsp3) is 0.250. The van der Waals surface area contributed by atoms with Gasteiger partial charge in [-0.1, -0.05) is 36.4 Å². The van der Waals surface area contributed by atoms with E-state index in [9.17, 15) is 23.4 Å². The molecule has 0 amide bonds. The number of halogens is 3. The molecule has 0 aliphatic carbocycles. The minimum absolute atomic E-state index is 0.0865. The molecule has 0 aliphatic heterocycles. The average molecular weight is 377 g/mol. The summed E-state index contributed by atoms with van der Waals surface area (Å²) < 4.78 is 46.5. The van der Waals surface area contributed by atoms with Crippen LogP contribution in [0.4, 0.5) is 13.2 Å². The predicted octanol–water partition coefficient (Wildman–Crippen LogP) is 3.95. The van der Waals surface area contributed by atoms with Crippen LogP contribution in [0, 0.1) is 6.92 Å². The van der Waals surface area contributed by atoms with Crippen LogP contribution in [0.1, 0.15) is 17.4 Å². The van der Waals surface area contributed by atoms with E-state index in [2.05, 4.69) is 4.98 Å². The molecular weight excluding hydrogens is 359 g/mol. The van der Waals surface area contributed by atoms with Gasteiger partial charge in [0.05, 0.1) is 12.1 Å². The quantitative estimate of drug-likeness (QED) is 0.707. The standard InChI is InChI=1S/C20H18F3NO3/c1-13-10-11-15-16(24-13)8-5-9-17(15)27-18(14-6-3-2-4-7-14)19(26,12-25)20(21,22)23/h2-11,18,25-26H,12H2,1H3. The molecule has 3 aromatic rings. The molecule has 0 spiro atoms. The van der Waals surface area contributed by atoms with E-state index in [-0.39, 0.29) is 11.3 Å². The number of aliphatic hydroxyl groups is 2. The van der Waals surface area contributed by atoms with Gasteiger partial charge in [0.25, 0.3) is 0 Å². The van der Waals surface area contributed by atoms with Crippen molar-refractivity contribution >= 4 is 10.9 Å². The Morgan fingerprint density at radius 2 is 1.70 bits per heavy atom. The highest BCUT2D eigenvalue weighted by Crippen LogP contribution is 2.43. The van der Waals surface area contributed by atoms with E-state index in [1.807, 2.05) is 0 Å². The Morgan fingerprint density at radius 3 is 2.33 bits per heavy atom. The summed E-state index contributed by atoms with van der Waals surface area (Å²) in [5.41, 5.74) is -2.09. The van der Waals surface area contributed by atoms with Crippen molar-refractivity contribution < 1.29 is 28.1 Å². The van der Waals surface area contributed by atoms with E-state index in [0.717, 1.165) is 5.69 Å². The van der Waals surface area contributed by atoms with Crippen LogP contribution in [-0.2, 0) is 0 Å². The van der Waals surface area contributed by atoms with Crippen molar-refractivity contribution in [2.24, 2.45) is 0 Å². The number of aromatic nitrogens is 1. The van der Waals surface area contributed by atoms with Gasteiger partial charge < -0.3 is 14.9 Å². The van der Waals surface area contributed by atoms with E-state index >= 15 is 0 Å². The van der Waals surface area contributed by atoms with Gasteiger partial charge >= 0.3 is 6.18 Å². The Morgan fingerprint density at radius 1 is 1.00 bits per heavy atom. The van der Waals surface area contributed by atoms with Crippen molar-refractivity contribution in [3.8, 4) is 5.75 Å². The van der Waals surface area contributed by atoms with Gasteiger partial charge in [-0.15, -0.1) is 0 Å². The molecule has 3 rings (SSSR count). The molecule has 0 radical (unpaired) electrons. The van der Waals surface area contributed by atoms with Gasteiger partial charge in [0, 0.05) is 11.1 Å². The number of fused-ring (bicyclic) bond motifs is 1. The third-order valence-corrected chi connectivity index (χ3v) is 4.34. The summed E-state index contributed by atoms with van der Waals surface area (Å²) in [6.07, 6.45) is -6.97. The van der Waals surface area contributed by atoms with Crippen LogP contribution in [0.2, 0.25) is 0 Å². The normalized spacial score (nSPS) is 15.3. The monoisotopic (exact) mass is 377 g/mol. The molecule has 27 heavy (non-hydrogen) atoms. The lowest BCUT2D eigenvalue weighted by atomic mass is 9.90. The van der Waals surface area contributed by atoms with Crippen LogP contribution < -0.4 is 4.74 Å². The Kier molecular flexibility index (Phi) is 5.08. The van der Waals surface area contributed by atoms with Gasteiger partial charge in [-0.25, -0.2) is 0 Å². The van der Waals surface area contributed by atoms with E-state index in [0.29, 0.717) is 10.9 Å². The first kappa shape index (κ1) is 19.1. The van der Waals surface area contributed by atoms with Gasteiger partial charge in [0.15, 0.2) is 6.10 Å². The summed E-state index contributed by atoms with van der Waals surface area (Å²) in [6, 6.07) is 15.8. The fourth-order valence-electron chi connectivity index (χ4n) is 2.85. The molecule has 7 heteroatoms. The first-order chi connectivity index (χ1) is 12.8. The zero-order valence-corrected chi connectivity index (χ0v) is 14.4. The Labute approximate surface area is 153 Å². The number of aliphatic hydroxyl groups excluding tert-OH is 1. The van der Waals surface area contributed by atoms with Crippen molar-refractivity contribution in [1.82, 2.24) is 4.98 Å². The minimum Gasteiger partial charge on any atom is -0.482 e. The van der Waals surface area contributed by atoms with Crippen LogP contribution in [0.15, 0.2) is 60.7 Å². The Bertz CT molecular complexity index is 931. The van der Waals surface area contributed by atoms with E-state index in [1.54, 1.807) is 37.3 Å². The van der Waals surface area contributed by atoms with Gasteiger partial charge in [-0.2, -0.15) is 13.2 Å². The molecule has 4 nitrogen and oxygen atoms in total. The van der Waals surface area contributed by atoms with Crippen LogP contribution in [0.5, 0.6) is 5.75 Å². The second-order valence-electron chi connectivity index (χ2n) is 6.26. The average Bonchev–Trinajstić information content (AvgIpc) is 2.65. The highest BCUT2D eigenvalue weighted by Gasteiger charge is 2.60. The number of pyridine rings is 1. The third kappa shape index (κ3) is 3.61. The van der Waals surface area contributed by atoms with Crippen molar-refractivity contribution in [1.29, 1.82) is 0 Å². The highest BCUT2D eigenvalue weighted by molar-refractivity contribution is 5.85. The smallest absolute Gasteiger partial charge is 0.423 e. The maximum atomic E-state index is 13.6. The van der Waals surface area contributed by atoms with E-state index in [4.69, 9.17) is 4.74 Å². The van der Waals surface area contributed by atoms with Crippen molar-refractivity contribution in [2.45, 2.75) is 24.8 Å². The third-order valence-electron chi connectivity index (χ3n) is 4.34. The number of rotatable bonds is 5. The SMILES string of the molecule is Cc1ccc2c(OC(c3ccccc3)C(O)(CO)C(F)(F)F)cccc2n1. The molecule has 0 saturated heterocycles. The maximum Gasteiger partial charge on any atom is 0.423 e. The van der Waals surface area contributed by atoms with Crippen LogP contribution in [0.25, 0.3) is 10.9 Å². The van der Waals surface area contributed by atoms with Crippen molar-refractivity contribution in [3.05, 3.63) is 71.9 Å². The molecule has 0 saturated carbocycles. The van der Waals surface area contributed by atoms with E-state index < -0.39 is 24.5 Å². The van der Waals surface area contributed by atoms with Crippen molar-refractivity contribution in [2.75, 3.05) is 6.61 Å². The van der Waals surface area contributed by atoms with Gasteiger partial charge in [-0.3, -0.25) is 4.98 Å². The summed E-state index contributed by atoms with van der Waals surface area (Å²) >= 11 is 0. The summed E-state index contributed by atoms with van der Waals surface area (Å²) in [7, 11) is 0. The molecular formula is C20H18F3NO3. The number of ether oxygens (including phenoxy) is 1. The summed E-state index contributed by atoms with van der Waals surface area (Å²) in [5.74, 6) is 0.130. The topological polar surface area (TPSA) is 62.6 Å². The number of alkyl halides is 3. The maximum absolute atomic E-state index is 13.6. The van der Waals surface area contributed by atoms with Crippen molar-refractivity contribution in [3.63, 3.8) is 0 Å². The first-order valence-corrected chi connectivity index (χ1v) is 8.24. The van der Waals surface area contributed by atoms with Crippen LogP contribution >= 0.6 is 0 Å². The molecule has 0 fully saturated rings.